The van der Waals surface area contributed by atoms with E-state index in [2.05, 4.69) is 35.7 Å². The molecule has 0 amide bonds. The molecule has 1 aromatic rings. The van der Waals surface area contributed by atoms with Crippen LogP contribution >= 0.6 is 22.6 Å². The van der Waals surface area contributed by atoms with Gasteiger partial charge in [-0.3, -0.25) is 0 Å². The van der Waals surface area contributed by atoms with Crippen LogP contribution in [0.2, 0.25) is 0 Å². The summed E-state index contributed by atoms with van der Waals surface area (Å²) in [6, 6.07) is 7.53. The summed E-state index contributed by atoms with van der Waals surface area (Å²) in [4.78, 5) is 23.0. The number of hydrogen-bond donors (Lipinski definition) is 0. The lowest BCUT2D eigenvalue weighted by atomic mass is 9.96. The predicted octanol–water partition coefficient (Wildman–Crippen LogP) is 3.35. The van der Waals surface area contributed by atoms with Gasteiger partial charge in [0, 0.05) is 9.14 Å². The van der Waals surface area contributed by atoms with E-state index in [4.69, 9.17) is 9.47 Å². The SMILES string of the molecule is C=CC(C)(OC(=O)COC(=O)C(=C)C)c1ccc(I)cc1. The summed E-state index contributed by atoms with van der Waals surface area (Å²) in [7, 11) is 0. The van der Waals surface area contributed by atoms with E-state index in [0.29, 0.717) is 0 Å². The summed E-state index contributed by atoms with van der Waals surface area (Å²) in [6.45, 7) is 9.91. The van der Waals surface area contributed by atoms with Crippen LogP contribution in [-0.2, 0) is 24.7 Å². The zero-order chi connectivity index (χ0) is 16.0. The first-order valence-electron chi connectivity index (χ1n) is 6.22. The third-order valence-electron chi connectivity index (χ3n) is 2.80. The van der Waals surface area contributed by atoms with Crippen LogP contribution in [0.4, 0.5) is 0 Å². The zero-order valence-electron chi connectivity index (χ0n) is 12.0. The second kappa shape index (κ2) is 7.40. The molecule has 21 heavy (non-hydrogen) atoms. The molecule has 0 spiro atoms. The third-order valence-corrected chi connectivity index (χ3v) is 3.52. The molecule has 0 N–H and O–H groups in total. The van der Waals surface area contributed by atoms with Crippen molar-refractivity contribution in [2.75, 3.05) is 6.61 Å². The van der Waals surface area contributed by atoms with Crippen LogP contribution in [0, 0.1) is 3.57 Å². The molecule has 0 fully saturated rings. The standard InChI is InChI=1S/C16H17IO4/c1-5-16(4,12-6-8-13(17)9-7-12)21-14(18)10-20-15(19)11(2)3/h5-9H,1-2,10H2,3-4H3. The Hall–Kier alpha value is -1.63. The van der Waals surface area contributed by atoms with Gasteiger partial charge in [-0.2, -0.15) is 0 Å². The van der Waals surface area contributed by atoms with Gasteiger partial charge >= 0.3 is 11.9 Å². The van der Waals surface area contributed by atoms with Crippen molar-refractivity contribution in [3.8, 4) is 0 Å². The monoisotopic (exact) mass is 400 g/mol. The van der Waals surface area contributed by atoms with Crippen molar-refractivity contribution in [2.45, 2.75) is 19.4 Å². The van der Waals surface area contributed by atoms with Gasteiger partial charge in [-0.15, -0.1) is 0 Å². The minimum absolute atomic E-state index is 0.229. The second-order valence-corrected chi connectivity index (χ2v) is 5.89. The van der Waals surface area contributed by atoms with Crippen LogP contribution in [0.15, 0.2) is 49.1 Å². The van der Waals surface area contributed by atoms with Crippen LogP contribution in [0.3, 0.4) is 0 Å². The Balaban J connectivity index is 2.74. The Bertz CT molecular complexity index is 562. The summed E-state index contributed by atoms with van der Waals surface area (Å²) in [5.74, 6) is -1.27. The summed E-state index contributed by atoms with van der Waals surface area (Å²) < 4.78 is 11.2. The summed E-state index contributed by atoms with van der Waals surface area (Å²) in [5, 5.41) is 0. The van der Waals surface area contributed by atoms with Gasteiger partial charge < -0.3 is 9.47 Å². The van der Waals surface area contributed by atoms with E-state index in [1.807, 2.05) is 24.3 Å². The molecule has 0 saturated heterocycles. The average molecular weight is 400 g/mol. The molecule has 0 aromatic heterocycles. The number of hydrogen-bond acceptors (Lipinski definition) is 4. The first kappa shape index (κ1) is 17.4. The lowest BCUT2D eigenvalue weighted by molar-refractivity contribution is -0.164. The van der Waals surface area contributed by atoms with E-state index >= 15 is 0 Å². The lowest BCUT2D eigenvalue weighted by Gasteiger charge is -2.26. The highest BCUT2D eigenvalue weighted by atomic mass is 127. The minimum Gasteiger partial charge on any atom is -0.450 e. The molecule has 0 aliphatic rings. The molecule has 1 aromatic carbocycles. The van der Waals surface area contributed by atoms with Gasteiger partial charge in [-0.25, -0.2) is 9.59 Å². The molecule has 0 bridgehead atoms. The first-order valence-corrected chi connectivity index (χ1v) is 7.30. The molecule has 1 unspecified atom stereocenters. The number of carbonyl (C=O) groups is 2. The predicted molar refractivity (Wildman–Crippen MR) is 88.6 cm³/mol. The van der Waals surface area contributed by atoms with Gasteiger partial charge in [0.25, 0.3) is 0 Å². The van der Waals surface area contributed by atoms with Crippen molar-refractivity contribution in [3.63, 3.8) is 0 Å². The molecule has 0 aliphatic heterocycles. The van der Waals surface area contributed by atoms with E-state index in [0.717, 1.165) is 9.13 Å². The Kier molecular flexibility index (Phi) is 6.14. The molecule has 1 rings (SSSR count). The Morgan fingerprint density at radius 3 is 2.38 bits per heavy atom. The molecule has 0 saturated carbocycles. The number of rotatable bonds is 6. The van der Waals surface area contributed by atoms with Crippen molar-refractivity contribution in [1.82, 2.24) is 0 Å². The zero-order valence-corrected chi connectivity index (χ0v) is 14.2. The van der Waals surface area contributed by atoms with Gasteiger partial charge in [0.2, 0.25) is 0 Å². The first-order chi connectivity index (χ1) is 9.78. The van der Waals surface area contributed by atoms with Crippen LogP contribution < -0.4 is 0 Å². The van der Waals surface area contributed by atoms with E-state index in [-0.39, 0.29) is 5.57 Å². The van der Waals surface area contributed by atoms with E-state index in [9.17, 15) is 9.59 Å². The Labute approximate surface area is 138 Å². The fourth-order valence-electron chi connectivity index (χ4n) is 1.51. The van der Waals surface area contributed by atoms with E-state index in [1.165, 1.54) is 13.0 Å². The van der Waals surface area contributed by atoms with E-state index < -0.39 is 24.1 Å². The molecular formula is C16H17IO4. The van der Waals surface area contributed by atoms with Crippen molar-refractivity contribution >= 4 is 34.5 Å². The smallest absolute Gasteiger partial charge is 0.345 e. The number of benzene rings is 1. The largest absolute Gasteiger partial charge is 0.450 e. The second-order valence-electron chi connectivity index (χ2n) is 4.65. The minimum atomic E-state index is -0.975. The molecule has 1 atom stereocenters. The van der Waals surface area contributed by atoms with Crippen molar-refractivity contribution in [2.24, 2.45) is 0 Å². The van der Waals surface area contributed by atoms with Crippen LogP contribution in [-0.4, -0.2) is 18.5 Å². The normalized spacial score (nSPS) is 12.9. The highest BCUT2D eigenvalue weighted by molar-refractivity contribution is 14.1. The van der Waals surface area contributed by atoms with Crippen molar-refractivity contribution in [1.29, 1.82) is 0 Å². The fourth-order valence-corrected chi connectivity index (χ4v) is 1.87. The van der Waals surface area contributed by atoms with Crippen molar-refractivity contribution in [3.05, 3.63) is 58.2 Å². The molecule has 0 radical (unpaired) electrons. The van der Waals surface area contributed by atoms with Gasteiger partial charge in [0.1, 0.15) is 0 Å². The highest BCUT2D eigenvalue weighted by Crippen LogP contribution is 2.27. The van der Waals surface area contributed by atoms with Gasteiger partial charge in [-0.05, 0) is 60.2 Å². The maximum Gasteiger partial charge on any atom is 0.345 e. The summed E-state index contributed by atoms with van der Waals surface area (Å²) in [5.41, 5.74) is 0.0428. The van der Waals surface area contributed by atoms with Gasteiger partial charge in [-0.1, -0.05) is 25.3 Å². The molecule has 0 heterocycles. The topological polar surface area (TPSA) is 52.6 Å². The van der Waals surface area contributed by atoms with Crippen LogP contribution in [0.1, 0.15) is 19.4 Å². The summed E-state index contributed by atoms with van der Waals surface area (Å²) in [6.07, 6.45) is 1.54. The van der Waals surface area contributed by atoms with E-state index in [1.54, 1.807) is 6.92 Å². The fraction of sp³-hybridized carbons (Fsp3) is 0.250. The Morgan fingerprint density at radius 1 is 1.33 bits per heavy atom. The van der Waals surface area contributed by atoms with Crippen LogP contribution in [0.25, 0.3) is 0 Å². The molecule has 112 valence electrons. The quantitative estimate of drug-likeness (QED) is 0.318. The maximum atomic E-state index is 11.8. The highest BCUT2D eigenvalue weighted by Gasteiger charge is 2.28. The van der Waals surface area contributed by atoms with Gasteiger partial charge in [0.15, 0.2) is 12.2 Å². The Morgan fingerprint density at radius 2 is 1.90 bits per heavy atom. The molecular weight excluding hydrogens is 383 g/mol. The summed E-state index contributed by atoms with van der Waals surface area (Å²) >= 11 is 2.19. The lowest BCUT2D eigenvalue weighted by Crippen LogP contribution is -2.29. The average Bonchev–Trinajstić information content (AvgIpc) is 2.45. The number of halogens is 1. The third kappa shape index (κ3) is 5.00. The number of esters is 2. The van der Waals surface area contributed by atoms with Crippen molar-refractivity contribution < 1.29 is 19.1 Å². The maximum absolute atomic E-state index is 11.8. The van der Waals surface area contributed by atoms with Crippen LogP contribution in [0.5, 0.6) is 0 Å². The number of ether oxygens (including phenoxy) is 2. The molecule has 4 nitrogen and oxygen atoms in total. The molecule has 5 heteroatoms. The number of carbonyl (C=O) groups excluding carboxylic acids is 2. The van der Waals surface area contributed by atoms with Gasteiger partial charge in [0.05, 0.1) is 0 Å². The molecule has 0 aliphatic carbocycles.